The van der Waals surface area contributed by atoms with Gasteiger partial charge in [-0.05, 0) is 30.5 Å². The van der Waals surface area contributed by atoms with Crippen LogP contribution in [0.1, 0.15) is 33.3 Å². The third-order valence-electron chi connectivity index (χ3n) is 3.03. The lowest BCUT2D eigenvalue weighted by Crippen LogP contribution is -2.31. The van der Waals surface area contributed by atoms with Gasteiger partial charge in [-0.3, -0.25) is 0 Å². The van der Waals surface area contributed by atoms with Crippen LogP contribution >= 0.6 is 0 Å². The number of carboxylic acid groups (broad SMARTS) is 1. The maximum atomic E-state index is 11.1. The van der Waals surface area contributed by atoms with Crippen LogP contribution < -0.4 is 9.47 Å². The number of carbonyl (C=O) groups is 1. The van der Waals surface area contributed by atoms with E-state index in [2.05, 4.69) is 20.8 Å². The predicted octanol–water partition coefficient (Wildman–Crippen LogP) is 2.86. The molecule has 1 unspecified atom stereocenters. The third kappa shape index (κ3) is 4.93. The Balaban J connectivity index is 2.94. The minimum atomic E-state index is -1.03. The molecule has 1 aromatic carbocycles. The SMILES string of the molecule is CCOC(COc1ccc(OC)cc1C(C)(C)C)C(=O)O. The molecule has 0 radical (unpaired) electrons. The Bertz CT molecular complexity index is 476. The van der Waals surface area contributed by atoms with Crippen LogP contribution in [0, 0.1) is 0 Å². The first-order chi connectivity index (χ1) is 9.79. The van der Waals surface area contributed by atoms with Gasteiger partial charge in [-0.15, -0.1) is 0 Å². The molecular formula is C16H24O5. The second-order valence-electron chi connectivity index (χ2n) is 5.71. The van der Waals surface area contributed by atoms with Crippen molar-refractivity contribution >= 4 is 5.97 Å². The molecule has 1 aromatic rings. The van der Waals surface area contributed by atoms with Gasteiger partial charge in [0, 0.05) is 12.2 Å². The van der Waals surface area contributed by atoms with E-state index in [0.29, 0.717) is 12.4 Å². The summed E-state index contributed by atoms with van der Waals surface area (Å²) < 4.78 is 16.1. The first kappa shape index (κ1) is 17.3. The Morgan fingerprint density at radius 1 is 1.33 bits per heavy atom. The number of benzene rings is 1. The maximum absolute atomic E-state index is 11.1. The molecule has 5 nitrogen and oxygen atoms in total. The molecule has 0 amide bonds. The number of methoxy groups -OCH3 is 1. The van der Waals surface area contributed by atoms with Gasteiger partial charge in [0.05, 0.1) is 7.11 Å². The van der Waals surface area contributed by atoms with Gasteiger partial charge >= 0.3 is 5.97 Å². The van der Waals surface area contributed by atoms with Crippen LogP contribution in [0.25, 0.3) is 0 Å². The molecule has 21 heavy (non-hydrogen) atoms. The summed E-state index contributed by atoms with van der Waals surface area (Å²) in [5.41, 5.74) is 0.816. The minimum Gasteiger partial charge on any atom is -0.497 e. The standard InChI is InChI=1S/C16H24O5/c1-6-20-14(15(17)18)10-21-13-8-7-11(19-5)9-12(13)16(2,3)4/h7-9,14H,6,10H2,1-5H3,(H,17,18). The molecule has 118 valence electrons. The van der Waals surface area contributed by atoms with Crippen molar-refractivity contribution < 1.29 is 24.1 Å². The van der Waals surface area contributed by atoms with Gasteiger partial charge in [-0.25, -0.2) is 4.79 Å². The second-order valence-corrected chi connectivity index (χ2v) is 5.71. The average Bonchev–Trinajstić information content (AvgIpc) is 2.42. The van der Waals surface area contributed by atoms with Crippen molar-refractivity contribution in [3.63, 3.8) is 0 Å². The van der Waals surface area contributed by atoms with Crippen LogP contribution in [0.5, 0.6) is 11.5 Å². The van der Waals surface area contributed by atoms with Crippen LogP contribution in [0.2, 0.25) is 0 Å². The largest absolute Gasteiger partial charge is 0.497 e. The van der Waals surface area contributed by atoms with E-state index in [1.165, 1.54) is 0 Å². The molecule has 0 saturated carbocycles. The topological polar surface area (TPSA) is 65.0 Å². The highest BCUT2D eigenvalue weighted by atomic mass is 16.5. The van der Waals surface area contributed by atoms with Crippen molar-refractivity contribution in [3.05, 3.63) is 23.8 Å². The molecule has 0 aromatic heterocycles. The highest BCUT2D eigenvalue weighted by molar-refractivity contribution is 5.72. The predicted molar refractivity (Wildman–Crippen MR) is 80.2 cm³/mol. The molecule has 1 atom stereocenters. The fourth-order valence-corrected chi connectivity index (χ4v) is 1.91. The first-order valence-electron chi connectivity index (χ1n) is 6.95. The van der Waals surface area contributed by atoms with E-state index in [-0.39, 0.29) is 12.0 Å². The summed E-state index contributed by atoms with van der Waals surface area (Å²) in [6, 6.07) is 5.50. The van der Waals surface area contributed by atoms with E-state index in [1.807, 2.05) is 6.07 Å². The van der Waals surface area contributed by atoms with Crippen LogP contribution in [0.4, 0.5) is 0 Å². The lowest BCUT2D eigenvalue weighted by atomic mass is 9.86. The van der Waals surface area contributed by atoms with Crippen molar-refractivity contribution in [3.8, 4) is 11.5 Å². The van der Waals surface area contributed by atoms with E-state index >= 15 is 0 Å². The summed E-state index contributed by atoms with van der Waals surface area (Å²) in [6.07, 6.45) is -0.968. The summed E-state index contributed by atoms with van der Waals surface area (Å²) in [4.78, 5) is 11.1. The molecule has 1 N–H and O–H groups in total. The summed E-state index contributed by atoms with van der Waals surface area (Å²) in [5.74, 6) is 0.365. The van der Waals surface area contributed by atoms with Crippen LogP contribution in [-0.2, 0) is 14.9 Å². The van der Waals surface area contributed by atoms with Crippen molar-refractivity contribution in [1.82, 2.24) is 0 Å². The van der Waals surface area contributed by atoms with Gasteiger partial charge in [-0.1, -0.05) is 20.8 Å². The zero-order chi connectivity index (χ0) is 16.0. The van der Waals surface area contributed by atoms with E-state index in [1.54, 1.807) is 26.2 Å². The fraction of sp³-hybridized carbons (Fsp3) is 0.562. The molecule has 0 aliphatic rings. The van der Waals surface area contributed by atoms with Crippen molar-refractivity contribution in [1.29, 1.82) is 0 Å². The lowest BCUT2D eigenvalue weighted by Gasteiger charge is -2.24. The minimum absolute atomic E-state index is 0.0292. The zero-order valence-corrected chi connectivity index (χ0v) is 13.3. The van der Waals surface area contributed by atoms with Crippen molar-refractivity contribution in [2.75, 3.05) is 20.3 Å². The Morgan fingerprint density at radius 2 is 2.00 bits per heavy atom. The van der Waals surface area contributed by atoms with Gasteiger partial charge in [-0.2, -0.15) is 0 Å². The molecule has 0 bridgehead atoms. The average molecular weight is 296 g/mol. The molecule has 0 aliphatic heterocycles. The molecule has 0 saturated heterocycles. The summed E-state index contributed by atoms with van der Waals surface area (Å²) in [7, 11) is 1.61. The van der Waals surface area contributed by atoms with Crippen LogP contribution in [-0.4, -0.2) is 37.5 Å². The zero-order valence-electron chi connectivity index (χ0n) is 13.3. The fourth-order valence-electron chi connectivity index (χ4n) is 1.91. The van der Waals surface area contributed by atoms with Crippen molar-refractivity contribution in [2.45, 2.75) is 39.2 Å². The molecule has 5 heteroatoms. The van der Waals surface area contributed by atoms with E-state index in [0.717, 1.165) is 11.3 Å². The molecule has 0 fully saturated rings. The molecule has 0 aliphatic carbocycles. The number of rotatable bonds is 7. The third-order valence-corrected chi connectivity index (χ3v) is 3.03. The Morgan fingerprint density at radius 3 is 2.48 bits per heavy atom. The number of hydrogen-bond donors (Lipinski definition) is 1. The second kappa shape index (κ2) is 7.31. The number of aliphatic carboxylic acids is 1. The quantitative estimate of drug-likeness (QED) is 0.838. The van der Waals surface area contributed by atoms with E-state index in [9.17, 15) is 4.79 Å². The maximum Gasteiger partial charge on any atom is 0.336 e. The molecule has 1 rings (SSSR count). The molecule has 0 spiro atoms. The number of carboxylic acids is 1. The molecular weight excluding hydrogens is 272 g/mol. The highest BCUT2D eigenvalue weighted by Gasteiger charge is 2.23. The molecule has 0 heterocycles. The summed E-state index contributed by atoms with van der Waals surface area (Å²) in [6.45, 7) is 8.24. The Labute approximate surface area is 125 Å². The van der Waals surface area contributed by atoms with Gasteiger partial charge in [0.1, 0.15) is 18.1 Å². The van der Waals surface area contributed by atoms with Crippen LogP contribution in [0.15, 0.2) is 18.2 Å². The number of ether oxygens (including phenoxy) is 3. The summed E-state index contributed by atoms with van der Waals surface area (Å²) >= 11 is 0. The van der Waals surface area contributed by atoms with Crippen LogP contribution in [0.3, 0.4) is 0 Å². The normalized spacial score (nSPS) is 12.8. The first-order valence-corrected chi connectivity index (χ1v) is 6.95. The van der Waals surface area contributed by atoms with Gasteiger partial charge in [0.2, 0.25) is 0 Å². The van der Waals surface area contributed by atoms with Gasteiger partial charge in [0.25, 0.3) is 0 Å². The van der Waals surface area contributed by atoms with E-state index < -0.39 is 12.1 Å². The highest BCUT2D eigenvalue weighted by Crippen LogP contribution is 2.34. The number of hydrogen-bond acceptors (Lipinski definition) is 4. The Hall–Kier alpha value is -1.75. The van der Waals surface area contributed by atoms with Gasteiger partial charge in [0.15, 0.2) is 6.10 Å². The Kier molecular flexibility index (Phi) is 6.03. The lowest BCUT2D eigenvalue weighted by molar-refractivity contribution is -0.152. The smallest absolute Gasteiger partial charge is 0.336 e. The van der Waals surface area contributed by atoms with Gasteiger partial charge < -0.3 is 19.3 Å². The summed E-state index contributed by atoms with van der Waals surface area (Å²) in [5, 5.41) is 9.07. The monoisotopic (exact) mass is 296 g/mol. The van der Waals surface area contributed by atoms with E-state index in [4.69, 9.17) is 19.3 Å². The van der Waals surface area contributed by atoms with Crippen molar-refractivity contribution in [2.24, 2.45) is 0 Å².